The van der Waals surface area contributed by atoms with E-state index >= 15 is 0 Å². The van der Waals surface area contributed by atoms with Crippen molar-refractivity contribution in [2.45, 2.75) is 19.4 Å². The molecule has 0 saturated heterocycles. The maximum atomic E-state index is 12.8. The van der Waals surface area contributed by atoms with Crippen molar-refractivity contribution in [2.24, 2.45) is 0 Å². The first kappa shape index (κ1) is 22.6. The minimum absolute atomic E-state index is 0.339. The molecule has 4 rings (SSSR count). The molecule has 0 bridgehead atoms. The zero-order valence-electron chi connectivity index (χ0n) is 19.0. The number of hydrogen-bond acceptors (Lipinski definition) is 5. The fourth-order valence-corrected chi connectivity index (χ4v) is 4.26. The van der Waals surface area contributed by atoms with Gasteiger partial charge in [0.25, 0.3) is 0 Å². The lowest BCUT2D eigenvalue weighted by Crippen LogP contribution is -2.48. The van der Waals surface area contributed by atoms with Crippen LogP contribution in [0.3, 0.4) is 0 Å². The molecule has 0 fully saturated rings. The molecule has 0 unspecified atom stereocenters. The third kappa shape index (κ3) is 5.26. The lowest BCUT2D eigenvalue weighted by molar-refractivity contribution is -0.136. The van der Waals surface area contributed by atoms with Crippen LogP contribution in [-0.4, -0.2) is 50.3 Å². The van der Waals surface area contributed by atoms with Crippen LogP contribution < -0.4 is 15.4 Å². The van der Waals surface area contributed by atoms with Crippen molar-refractivity contribution < 1.29 is 19.1 Å². The Morgan fingerprint density at radius 2 is 1.88 bits per heavy atom. The van der Waals surface area contributed by atoms with Crippen molar-refractivity contribution in [2.75, 3.05) is 33.4 Å². The summed E-state index contributed by atoms with van der Waals surface area (Å²) in [5.74, 6) is 0.272. The number of amides is 2. The quantitative estimate of drug-likeness (QED) is 0.634. The smallest absolute Gasteiger partial charge is 0.338 e. The van der Waals surface area contributed by atoms with Gasteiger partial charge >= 0.3 is 12.0 Å². The summed E-state index contributed by atoms with van der Waals surface area (Å²) in [5.41, 5.74) is 4.32. The van der Waals surface area contributed by atoms with Crippen molar-refractivity contribution in [1.82, 2.24) is 15.5 Å². The second-order valence-electron chi connectivity index (χ2n) is 8.00. The highest BCUT2D eigenvalue weighted by Gasteiger charge is 2.34. The molecule has 172 valence electrons. The Kier molecular flexibility index (Phi) is 7.10. The zero-order valence-corrected chi connectivity index (χ0v) is 19.0. The number of benzene rings is 2. The van der Waals surface area contributed by atoms with Crippen molar-refractivity contribution in [1.29, 1.82) is 0 Å². The van der Waals surface area contributed by atoms with Crippen LogP contribution in [0.15, 0.2) is 71.9 Å². The fraction of sp³-hybridized carbons (Fsp3) is 0.308. The molecule has 1 atom stereocenters. The fourth-order valence-electron chi connectivity index (χ4n) is 4.26. The number of carbonyl (C=O) groups excluding carboxylic acids is 2. The Balaban J connectivity index is 1.58. The van der Waals surface area contributed by atoms with E-state index < -0.39 is 12.0 Å². The predicted molar refractivity (Wildman–Crippen MR) is 127 cm³/mol. The number of hydrogen-bond donors (Lipinski definition) is 2. The maximum Gasteiger partial charge on any atom is 0.338 e. The SMILES string of the molecule is CCOc1ccc([C@@H]2NC(=O)NC(CN3CC=C(c4ccccc4)CC3)=C2C(=O)OC)cc1. The molecule has 33 heavy (non-hydrogen) atoms. The largest absolute Gasteiger partial charge is 0.494 e. The molecular formula is C26H29N3O4. The molecule has 7 nitrogen and oxygen atoms in total. The molecule has 2 aliphatic heterocycles. The highest BCUT2D eigenvalue weighted by molar-refractivity contribution is 5.95. The van der Waals surface area contributed by atoms with Gasteiger partial charge < -0.3 is 20.1 Å². The van der Waals surface area contributed by atoms with Crippen LogP contribution in [0.1, 0.15) is 30.5 Å². The molecule has 0 radical (unpaired) electrons. The number of ether oxygens (including phenoxy) is 2. The summed E-state index contributed by atoms with van der Waals surface area (Å²) in [6.07, 6.45) is 3.11. The normalized spacial score (nSPS) is 18.8. The number of nitrogens with one attached hydrogen (secondary N) is 2. The Labute approximate surface area is 194 Å². The lowest BCUT2D eigenvalue weighted by Gasteiger charge is -2.33. The average Bonchev–Trinajstić information content (AvgIpc) is 2.85. The van der Waals surface area contributed by atoms with E-state index in [1.807, 2.05) is 49.4 Å². The van der Waals surface area contributed by atoms with Gasteiger partial charge in [0.2, 0.25) is 0 Å². The Morgan fingerprint density at radius 3 is 2.52 bits per heavy atom. The number of carbonyl (C=O) groups is 2. The monoisotopic (exact) mass is 447 g/mol. The second kappa shape index (κ2) is 10.4. The van der Waals surface area contributed by atoms with E-state index in [2.05, 4.69) is 33.7 Å². The van der Waals surface area contributed by atoms with Gasteiger partial charge in [-0.15, -0.1) is 0 Å². The minimum atomic E-state index is -0.600. The molecule has 2 amide bonds. The highest BCUT2D eigenvalue weighted by Crippen LogP contribution is 2.30. The van der Waals surface area contributed by atoms with Gasteiger partial charge in [-0.25, -0.2) is 9.59 Å². The molecule has 0 saturated carbocycles. The van der Waals surface area contributed by atoms with Crippen LogP contribution in [0.4, 0.5) is 4.79 Å². The first-order valence-corrected chi connectivity index (χ1v) is 11.2. The van der Waals surface area contributed by atoms with E-state index in [-0.39, 0.29) is 6.03 Å². The van der Waals surface area contributed by atoms with Gasteiger partial charge in [0, 0.05) is 25.3 Å². The molecule has 7 heteroatoms. The maximum absolute atomic E-state index is 12.8. The van der Waals surface area contributed by atoms with Gasteiger partial charge in [0.05, 0.1) is 25.3 Å². The molecule has 2 aromatic carbocycles. The van der Waals surface area contributed by atoms with Crippen LogP contribution in [0, 0.1) is 0 Å². The summed E-state index contributed by atoms with van der Waals surface area (Å²) in [6.45, 7) is 4.50. The van der Waals surface area contributed by atoms with Gasteiger partial charge in [-0.1, -0.05) is 48.5 Å². The van der Waals surface area contributed by atoms with E-state index in [1.54, 1.807) is 0 Å². The van der Waals surface area contributed by atoms with E-state index in [1.165, 1.54) is 18.2 Å². The van der Waals surface area contributed by atoms with E-state index in [4.69, 9.17) is 9.47 Å². The Bertz CT molecular complexity index is 1060. The standard InChI is InChI=1S/C26H29N3O4/c1-3-33-21-11-9-20(10-12-21)24-23(25(30)32-2)22(27-26(31)28-24)17-29-15-13-19(14-16-29)18-7-5-4-6-8-18/h4-13,24H,3,14-17H2,1-2H3,(H2,27,28,31)/t24-/m0/s1. The van der Waals surface area contributed by atoms with Gasteiger partial charge in [0.15, 0.2) is 0 Å². The Morgan fingerprint density at radius 1 is 1.12 bits per heavy atom. The highest BCUT2D eigenvalue weighted by atomic mass is 16.5. The summed E-state index contributed by atoms with van der Waals surface area (Å²) in [7, 11) is 1.36. The molecular weight excluding hydrogens is 418 g/mol. The van der Waals surface area contributed by atoms with E-state index in [0.717, 1.165) is 30.8 Å². The Hall–Kier alpha value is -3.58. The molecule has 2 aromatic rings. The lowest BCUT2D eigenvalue weighted by atomic mass is 9.94. The number of rotatable bonds is 7. The zero-order chi connectivity index (χ0) is 23.2. The second-order valence-corrected chi connectivity index (χ2v) is 8.00. The average molecular weight is 448 g/mol. The summed E-state index contributed by atoms with van der Waals surface area (Å²) in [5, 5.41) is 5.71. The third-order valence-electron chi connectivity index (χ3n) is 5.90. The molecule has 0 aliphatic carbocycles. The van der Waals surface area contributed by atoms with Gasteiger partial charge in [-0.2, -0.15) is 0 Å². The summed E-state index contributed by atoms with van der Waals surface area (Å²) in [4.78, 5) is 27.5. The van der Waals surface area contributed by atoms with Gasteiger partial charge in [0.1, 0.15) is 5.75 Å². The summed E-state index contributed by atoms with van der Waals surface area (Å²) in [6, 6.07) is 16.8. The van der Waals surface area contributed by atoms with Crippen LogP contribution >= 0.6 is 0 Å². The molecule has 0 aromatic heterocycles. The van der Waals surface area contributed by atoms with Crippen molar-refractivity contribution in [3.05, 3.63) is 83.1 Å². The van der Waals surface area contributed by atoms with Crippen LogP contribution in [-0.2, 0) is 9.53 Å². The number of esters is 1. The van der Waals surface area contributed by atoms with Crippen LogP contribution in [0.5, 0.6) is 5.75 Å². The van der Waals surface area contributed by atoms with Crippen molar-refractivity contribution in [3.63, 3.8) is 0 Å². The summed E-state index contributed by atoms with van der Waals surface area (Å²) < 4.78 is 10.6. The van der Waals surface area contributed by atoms with Crippen LogP contribution in [0.2, 0.25) is 0 Å². The van der Waals surface area contributed by atoms with Gasteiger partial charge in [-0.05, 0) is 42.2 Å². The van der Waals surface area contributed by atoms with E-state index in [0.29, 0.717) is 24.4 Å². The van der Waals surface area contributed by atoms with Crippen LogP contribution in [0.25, 0.3) is 5.57 Å². The predicted octanol–water partition coefficient (Wildman–Crippen LogP) is 3.66. The number of urea groups is 1. The summed E-state index contributed by atoms with van der Waals surface area (Å²) >= 11 is 0. The number of nitrogens with zero attached hydrogens (tertiary/aromatic N) is 1. The first-order valence-electron chi connectivity index (χ1n) is 11.2. The van der Waals surface area contributed by atoms with E-state index in [9.17, 15) is 9.59 Å². The molecule has 2 N–H and O–H groups in total. The van der Waals surface area contributed by atoms with Gasteiger partial charge in [-0.3, -0.25) is 4.90 Å². The van der Waals surface area contributed by atoms with Crippen molar-refractivity contribution >= 4 is 17.6 Å². The number of methoxy groups -OCH3 is 1. The minimum Gasteiger partial charge on any atom is -0.494 e. The van der Waals surface area contributed by atoms with Crippen molar-refractivity contribution in [3.8, 4) is 5.75 Å². The molecule has 0 spiro atoms. The topological polar surface area (TPSA) is 79.9 Å². The molecule has 2 aliphatic rings. The molecule has 2 heterocycles. The third-order valence-corrected chi connectivity index (χ3v) is 5.90. The first-order chi connectivity index (χ1) is 16.1.